The van der Waals surface area contributed by atoms with Gasteiger partial charge in [-0.2, -0.15) is 0 Å². The lowest BCUT2D eigenvalue weighted by Crippen LogP contribution is -1.98. The third-order valence-corrected chi connectivity index (χ3v) is 2.40. The number of rotatable bonds is 7. The van der Waals surface area contributed by atoms with Crippen LogP contribution in [0.2, 0.25) is 0 Å². The maximum absolute atomic E-state index is 5.69. The Bertz CT molecular complexity index is 291. The van der Waals surface area contributed by atoms with Gasteiger partial charge in [0.1, 0.15) is 5.75 Å². The predicted octanol–water partition coefficient (Wildman–Crippen LogP) is 4.12. The third kappa shape index (κ3) is 4.68. The van der Waals surface area contributed by atoms with Gasteiger partial charge in [0.15, 0.2) is 0 Å². The van der Waals surface area contributed by atoms with E-state index in [0.29, 0.717) is 0 Å². The van der Waals surface area contributed by atoms with Crippen LogP contribution in [0.4, 0.5) is 0 Å². The van der Waals surface area contributed by atoms with Crippen LogP contribution in [0.3, 0.4) is 0 Å². The van der Waals surface area contributed by atoms with E-state index in [-0.39, 0.29) is 0 Å². The molecule has 0 saturated carbocycles. The lowest BCUT2D eigenvalue weighted by molar-refractivity contribution is 0.303. The molecule has 0 fully saturated rings. The van der Waals surface area contributed by atoms with Gasteiger partial charge in [-0.15, -0.1) is 6.58 Å². The van der Waals surface area contributed by atoms with E-state index in [9.17, 15) is 0 Å². The summed E-state index contributed by atoms with van der Waals surface area (Å²) in [4.78, 5) is 0. The molecule has 0 atom stereocenters. The van der Waals surface area contributed by atoms with E-state index >= 15 is 0 Å². The number of para-hydroxylation sites is 1. The average Bonchev–Trinajstić information content (AvgIpc) is 2.25. The molecule has 1 nitrogen and oxygen atoms in total. The van der Waals surface area contributed by atoms with Crippen molar-refractivity contribution in [2.24, 2.45) is 0 Å². The van der Waals surface area contributed by atoms with Crippen molar-refractivity contribution >= 4 is 0 Å². The van der Waals surface area contributed by atoms with Crippen molar-refractivity contribution in [3.8, 4) is 5.75 Å². The average molecular weight is 204 g/mol. The standard InChI is InChI=1S/C14H20O/c1-3-4-5-6-9-12-15-14-11-8-7-10-13(14)2/h3,7-8,10-11H,1,4-6,9,12H2,2H3. The Hall–Kier alpha value is -1.24. The molecule has 0 radical (unpaired) electrons. The fraction of sp³-hybridized carbons (Fsp3) is 0.429. The highest BCUT2D eigenvalue weighted by molar-refractivity contribution is 5.31. The molecule has 0 aliphatic carbocycles. The zero-order valence-corrected chi connectivity index (χ0v) is 9.54. The summed E-state index contributed by atoms with van der Waals surface area (Å²) in [6.45, 7) is 6.60. The molecule has 0 N–H and O–H groups in total. The second kappa shape index (κ2) is 7.10. The predicted molar refractivity (Wildman–Crippen MR) is 65.3 cm³/mol. The van der Waals surface area contributed by atoms with Gasteiger partial charge in [0, 0.05) is 0 Å². The van der Waals surface area contributed by atoms with Gasteiger partial charge >= 0.3 is 0 Å². The SMILES string of the molecule is C=CCCCCCOc1ccccc1C. The molecule has 15 heavy (non-hydrogen) atoms. The molecule has 82 valence electrons. The molecule has 0 aromatic heterocycles. The highest BCUT2D eigenvalue weighted by Crippen LogP contribution is 2.16. The van der Waals surface area contributed by atoms with Crippen molar-refractivity contribution < 1.29 is 4.74 Å². The zero-order valence-electron chi connectivity index (χ0n) is 9.54. The van der Waals surface area contributed by atoms with Gasteiger partial charge in [-0.25, -0.2) is 0 Å². The Balaban J connectivity index is 2.15. The molecular formula is C14H20O. The molecule has 0 aliphatic heterocycles. The number of ether oxygens (including phenoxy) is 1. The van der Waals surface area contributed by atoms with Crippen LogP contribution in [0, 0.1) is 6.92 Å². The molecule has 0 bridgehead atoms. The van der Waals surface area contributed by atoms with E-state index < -0.39 is 0 Å². The van der Waals surface area contributed by atoms with Crippen molar-refractivity contribution in [1.29, 1.82) is 0 Å². The summed E-state index contributed by atoms with van der Waals surface area (Å²) in [6.07, 6.45) is 6.66. The van der Waals surface area contributed by atoms with Crippen molar-refractivity contribution in [3.63, 3.8) is 0 Å². The zero-order chi connectivity index (χ0) is 10.9. The molecule has 1 aromatic carbocycles. The lowest BCUT2D eigenvalue weighted by atomic mass is 10.2. The van der Waals surface area contributed by atoms with Crippen LogP contribution in [0.25, 0.3) is 0 Å². The molecule has 1 heteroatoms. The molecule has 0 aliphatic rings. The summed E-state index contributed by atoms with van der Waals surface area (Å²) in [5.41, 5.74) is 1.21. The van der Waals surface area contributed by atoms with Crippen LogP contribution in [0.5, 0.6) is 5.75 Å². The molecule has 1 aromatic rings. The Kier molecular flexibility index (Phi) is 5.60. The normalized spacial score (nSPS) is 9.93. The van der Waals surface area contributed by atoms with Crippen LogP contribution in [-0.4, -0.2) is 6.61 Å². The fourth-order valence-electron chi connectivity index (χ4n) is 1.47. The number of hydrogen-bond donors (Lipinski definition) is 0. The van der Waals surface area contributed by atoms with Crippen LogP contribution in [0.15, 0.2) is 36.9 Å². The summed E-state index contributed by atoms with van der Waals surface area (Å²) in [6, 6.07) is 8.15. The molecule has 0 spiro atoms. The van der Waals surface area contributed by atoms with E-state index in [0.717, 1.165) is 25.2 Å². The van der Waals surface area contributed by atoms with E-state index in [1.165, 1.54) is 18.4 Å². The van der Waals surface area contributed by atoms with Crippen LogP contribution in [0.1, 0.15) is 31.2 Å². The van der Waals surface area contributed by atoms with E-state index in [4.69, 9.17) is 4.74 Å². The smallest absolute Gasteiger partial charge is 0.122 e. The van der Waals surface area contributed by atoms with Gasteiger partial charge in [-0.1, -0.05) is 24.3 Å². The van der Waals surface area contributed by atoms with Crippen LogP contribution < -0.4 is 4.74 Å². The Morgan fingerprint density at radius 3 is 2.73 bits per heavy atom. The maximum Gasteiger partial charge on any atom is 0.122 e. The second-order valence-electron chi connectivity index (χ2n) is 3.75. The van der Waals surface area contributed by atoms with Gasteiger partial charge in [0.25, 0.3) is 0 Å². The van der Waals surface area contributed by atoms with Gasteiger partial charge in [0.05, 0.1) is 6.61 Å². The van der Waals surface area contributed by atoms with Crippen molar-refractivity contribution in [3.05, 3.63) is 42.5 Å². The Morgan fingerprint density at radius 1 is 1.20 bits per heavy atom. The van der Waals surface area contributed by atoms with Crippen molar-refractivity contribution in [2.75, 3.05) is 6.61 Å². The minimum atomic E-state index is 0.821. The Morgan fingerprint density at radius 2 is 2.00 bits per heavy atom. The van der Waals surface area contributed by atoms with E-state index in [1.54, 1.807) is 0 Å². The monoisotopic (exact) mass is 204 g/mol. The van der Waals surface area contributed by atoms with Crippen molar-refractivity contribution in [1.82, 2.24) is 0 Å². The first-order valence-corrected chi connectivity index (χ1v) is 5.64. The first-order valence-electron chi connectivity index (χ1n) is 5.64. The van der Waals surface area contributed by atoms with E-state index in [1.807, 2.05) is 24.3 Å². The minimum absolute atomic E-state index is 0.821. The number of unbranched alkanes of at least 4 members (excludes halogenated alkanes) is 3. The van der Waals surface area contributed by atoms with Gasteiger partial charge in [-0.3, -0.25) is 0 Å². The minimum Gasteiger partial charge on any atom is -0.493 e. The molecule has 0 heterocycles. The highest BCUT2D eigenvalue weighted by Gasteiger charge is 1.96. The van der Waals surface area contributed by atoms with Gasteiger partial charge < -0.3 is 4.74 Å². The first kappa shape index (κ1) is 11.8. The molecule has 0 amide bonds. The summed E-state index contributed by atoms with van der Waals surface area (Å²) in [5, 5.41) is 0. The van der Waals surface area contributed by atoms with E-state index in [2.05, 4.69) is 19.6 Å². The highest BCUT2D eigenvalue weighted by atomic mass is 16.5. The molecule has 1 rings (SSSR count). The molecular weight excluding hydrogens is 184 g/mol. The van der Waals surface area contributed by atoms with Crippen molar-refractivity contribution in [2.45, 2.75) is 32.6 Å². The summed E-state index contributed by atoms with van der Waals surface area (Å²) in [5.74, 6) is 1.02. The van der Waals surface area contributed by atoms with Gasteiger partial charge in [0.2, 0.25) is 0 Å². The third-order valence-electron chi connectivity index (χ3n) is 2.40. The van der Waals surface area contributed by atoms with Crippen LogP contribution in [-0.2, 0) is 0 Å². The van der Waals surface area contributed by atoms with Gasteiger partial charge in [-0.05, 0) is 44.2 Å². The molecule has 0 unspecified atom stereocenters. The number of benzene rings is 1. The summed E-state index contributed by atoms with van der Waals surface area (Å²) < 4.78 is 5.69. The quantitative estimate of drug-likeness (QED) is 0.479. The number of aryl methyl sites for hydroxylation is 1. The first-order chi connectivity index (χ1) is 7.34. The number of hydrogen-bond acceptors (Lipinski definition) is 1. The lowest BCUT2D eigenvalue weighted by Gasteiger charge is -2.08. The summed E-state index contributed by atoms with van der Waals surface area (Å²) in [7, 11) is 0. The topological polar surface area (TPSA) is 9.23 Å². The summed E-state index contributed by atoms with van der Waals surface area (Å²) >= 11 is 0. The second-order valence-corrected chi connectivity index (χ2v) is 3.75. The van der Waals surface area contributed by atoms with Crippen LogP contribution >= 0.6 is 0 Å². The Labute approximate surface area is 92.8 Å². The number of allylic oxidation sites excluding steroid dienone is 1. The largest absolute Gasteiger partial charge is 0.493 e. The molecule has 0 saturated heterocycles. The fourth-order valence-corrected chi connectivity index (χ4v) is 1.47. The maximum atomic E-state index is 5.69.